The molecule has 1 amide bonds. The molecule has 0 bridgehead atoms. The fourth-order valence-electron chi connectivity index (χ4n) is 7.14. The van der Waals surface area contributed by atoms with Gasteiger partial charge in [-0.15, -0.1) is 6.42 Å². The maximum absolute atomic E-state index is 16.9. The molecule has 4 heterocycles. The Hall–Kier alpha value is -4.62. The molecule has 2 fully saturated rings. The van der Waals surface area contributed by atoms with E-state index in [1.807, 2.05) is 0 Å². The van der Waals surface area contributed by atoms with Crippen LogP contribution in [0.25, 0.3) is 32.9 Å². The molecule has 0 spiro atoms. The highest BCUT2D eigenvalue weighted by Crippen LogP contribution is 2.39. The molecule has 2 aliphatic heterocycles. The molecule has 1 unspecified atom stereocenters. The highest BCUT2D eigenvalue weighted by atomic mass is 19.1. The molecule has 244 valence electrons. The maximum Gasteiger partial charge on any atom is 0.319 e. The first kappa shape index (κ1) is 32.3. The van der Waals surface area contributed by atoms with Gasteiger partial charge < -0.3 is 19.4 Å². The standard InChI is InChI=1S/C37H40F2N6O2/c1-7-25-28(38)16-15-23-12-9-14-26(31(23)25)33-32(39)34-27(20-40-33)35(42-36(41-34)47-22-24-13-10-18-43(24)5)45-19-11-17-37(3,4)29(21-45)44(6)30(46)8-2/h1,8-9,12,14-16,20,24,29H,2,10-11,13,17-19,21-22H2,3-6H3/t24-,29?/m0/s1. The minimum Gasteiger partial charge on any atom is -0.462 e. The van der Waals surface area contributed by atoms with Gasteiger partial charge in [-0.1, -0.05) is 50.6 Å². The Kier molecular flexibility index (Phi) is 8.86. The van der Waals surface area contributed by atoms with Crippen molar-refractivity contribution in [2.24, 2.45) is 5.41 Å². The Balaban J connectivity index is 1.51. The maximum atomic E-state index is 16.9. The lowest BCUT2D eigenvalue weighted by atomic mass is 9.80. The first-order valence-electron chi connectivity index (χ1n) is 16.1. The molecule has 2 saturated heterocycles. The minimum absolute atomic E-state index is 0.00233. The number of carbonyl (C=O) groups excluding carboxylic acids is 1. The molecule has 8 nitrogen and oxygen atoms in total. The first-order valence-corrected chi connectivity index (χ1v) is 16.1. The van der Waals surface area contributed by atoms with Crippen LogP contribution in [0, 0.1) is 29.4 Å². The average Bonchev–Trinajstić information content (AvgIpc) is 3.40. The number of pyridine rings is 1. The molecule has 0 N–H and O–H groups in total. The Morgan fingerprint density at radius 1 is 1.21 bits per heavy atom. The molecule has 10 heteroatoms. The van der Waals surface area contributed by atoms with Crippen LogP contribution in [-0.4, -0.2) is 83.1 Å². The monoisotopic (exact) mass is 638 g/mol. The Morgan fingerprint density at radius 2 is 2.02 bits per heavy atom. The zero-order valence-corrected chi connectivity index (χ0v) is 27.4. The van der Waals surface area contributed by atoms with Gasteiger partial charge in [-0.05, 0) is 62.2 Å². The van der Waals surface area contributed by atoms with Crippen molar-refractivity contribution in [2.75, 3.05) is 45.2 Å². The predicted octanol–water partition coefficient (Wildman–Crippen LogP) is 6.22. The van der Waals surface area contributed by atoms with E-state index in [9.17, 15) is 9.18 Å². The number of anilines is 1. The van der Waals surface area contributed by atoms with Gasteiger partial charge in [0.05, 0.1) is 17.0 Å². The summed E-state index contributed by atoms with van der Waals surface area (Å²) in [5.41, 5.74) is 0.255. The van der Waals surface area contributed by atoms with E-state index in [0.717, 1.165) is 32.2 Å². The summed E-state index contributed by atoms with van der Waals surface area (Å²) in [6.45, 7) is 10.4. The SMILES string of the molecule is C#Cc1c(F)ccc2cccc(-c3ncc4c(N5CCCC(C)(C)C(N(C)C(=O)C=C)C5)nc(OC[C@@H]5CCCN5C)nc4c3F)c12. The predicted molar refractivity (Wildman–Crippen MR) is 181 cm³/mol. The topological polar surface area (TPSA) is 74.7 Å². The van der Waals surface area contributed by atoms with Gasteiger partial charge in [-0.3, -0.25) is 9.78 Å². The summed E-state index contributed by atoms with van der Waals surface area (Å²) in [6, 6.07) is 8.26. The van der Waals surface area contributed by atoms with Gasteiger partial charge in [0.15, 0.2) is 5.82 Å². The summed E-state index contributed by atoms with van der Waals surface area (Å²) in [4.78, 5) is 32.9. The number of aromatic nitrogens is 3. The lowest BCUT2D eigenvalue weighted by molar-refractivity contribution is -0.128. The number of nitrogens with zero attached hydrogens (tertiary/aromatic N) is 6. The van der Waals surface area contributed by atoms with Crippen molar-refractivity contribution < 1.29 is 18.3 Å². The molecule has 0 aliphatic carbocycles. The number of fused-ring (bicyclic) bond motifs is 2. The highest BCUT2D eigenvalue weighted by molar-refractivity contribution is 6.02. The number of ether oxygens (including phenoxy) is 1. The number of benzene rings is 2. The third-order valence-corrected chi connectivity index (χ3v) is 9.95. The first-order chi connectivity index (χ1) is 22.5. The van der Waals surface area contributed by atoms with E-state index in [4.69, 9.17) is 16.1 Å². The fourth-order valence-corrected chi connectivity index (χ4v) is 7.14. The van der Waals surface area contributed by atoms with Gasteiger partial charge in [0.2, 0.25) is 5.91 Å². The van der Waals surface area contributed by atoms with Gasteiger partial charge in [-0.25, -0.2) is 8.78 Å². The normalized spacial score (nSPS) is 19.8. The smallest absolute Gasteiger partial charge is 0.319 e. The molecule has 0 radical (unpaired) electrons. The van der Waals surface area contributed by atoms with Crippen molar-refractivity contribution in [3.05, 3.63) is 66.4 Å². The zero-order chi connectivity index (χ0) is 33.5. The van der Waals surface area contributed by atoms with Crippen molar-refractivity contribution >= 4 is 33.4 Å². The van der Waals surface area contributed by atoms with Crippen molar-refractivity contribution in [1.29, 1.82) is 0 Å². The summed E-state index contributed by atoms with van der Waals surface area (Å²) in [5, 5.41) is 1.49. The van der Waals surface area contributed by atoms with Crippen LogP contribution in [0.5, 0.6) is 6.01 Å². The Morgan fingerprint density at radius 3 is 2.74 bits per heavy atom. The summed E-state index contributed by atoms with van der Waals surface area (Å²) in [5.74, 6) is 1.50. The number of carbonyl (C=O) groups is 1. The molecule has 4 aromatic rings. The van der Waals surface area contributed by atoms with Gasteiger partial charge in [0, 0.05) is 43.3 Å². The van der Waals surface area contributed by atoms with Crippen LogP contribution in [0.4, 0.5) is 14.6 Å². The molecule has 2 aromatic carbocycles. The third kappa shape index (κ3) is 6.00. The molecular formula is C37H40F2N6O2. The van der Waals surface area contributed by atoms with Crippen LogP contribution in [0.2, 0.25) is 0 Å². The fraction of sp³-hybridized carbons (Fsp3) is 0.405. The van der Waals surface area contributed by atoms with Crippen molar-refractivity contribution in [2.45, 2.75) is 51.6 Å². The molecule has 2 aliphatic rings. The van der Waals surface area contributed by atoms with Gasteiger partial charge in [0.1, 0.15) is 29.5 Å². The Bertz CT molecular complexity index is 1900. The Labute approximate surface area is 274 Å². The van der Waals surface area contributed by atoms with Crippen LogP contribution < -0.4 is 9.64 Å². The lowest BCUT2D eigenvalue weighted by Gasteiger charge is -2.40. The molecule has 2 aromatic heterocycles. The van der Waals surface area contributed by atoms with Crippen LogP contribution >= 0.6 is 0 Å². The van der Waals surface area contributed by atoms with Crippen molar-refractivity contribution in [3.8, 4) is 29.6 Å². The summed E-state index contributed by atoms with van der Waals surface area (Å²) in [6.07, 6.45) is 12.4. The van der Waals surface area contributed by atoms with E-state index in [2.05, 4.69) is 53.2 Å². The van der Waals surface area contributed by atoms with E-state index >= 15 is 4.39 Å². The number of halogens is 2. The summed E-state index contributed by atoms with van der Waals surface area (Å²) >= 11 is 0. The van der Waals surface area contributed by atoms with Crippen LogP contribution in [-0.2, 0) is 4.79 Å². The van der Waals surface area contributed by atoms with Crippen molar-refractivity contribution in [1.82, 2.24) is 24.8 Å². The average molecular weight is 639 g/mol. The lowest BCUT2D eigenvalue weighted by Crippen LogP contribution is -2.50. The molecule has 0 saturated carbocycles. The molecule has 6 rings (SSSR count). The molecular weight excluding hydrogens is 598 g/mol. The number of rotatable bonds is 7. The second-order valence-electron chi connectivity index (χ2n) is 13.3. The second kappa shape index (κ2) is 12.9. The number of amides is 1. The minimum atomic E-state index is -0.681. The number of hydrogen-bond donors (Lipinski definition) is 0. The third-order valence-electron chi connectivity index (χ3n) is 9.95. The van der Waals surface area contributed by atoms with E-state index in [-0.39, 0.29) is 46.2 Å². The number of likely N-dealkylation sites (tertiary alicyclic amines) is 1. The van der Waals surface area contributed by atoms with Gasteiger partial charge >= 0.3 is 6.01 Å². The van der Waals surface area contributed by atoms with Gasteiger partial charge in [0.25, 0.3) is 0 Å². The van der Waals surface area contributed by atoms with E-state index < -0.39 is 11.6 Å². The van der Waals surface area contributed by atoms with Gasteiger partial charge in [-0.2, -0.15) is 9.97 Å². The summed E-state index contributed by atoms with van der Waals surface area (Å²) in [7, 11) is 3.85. The number of likely N-dealkylation sites (N-methyl/N-ethyl adjacent to an activating group) is 2. The van der Waals surface area contributed by atoms with E-state index in [0.29, 0.717) is 47.2 Å². The van der Waals surface area contributed by atoms with Crippen molar-refractivity contribution in [3.63, 3.8) is 0 Å². The van der Waals surface area contributed by atoms with Crippen LogP contribution in [0.1, 0.15) is 45.1 Å². The number of hydrogen-bond acceptors (Lipinski definition) is 7. The van der Waals surface area contributed by atoms with E-state index in [1.54, 1.807) is 42.4 Å². The zero-order valence-electron chi connectivity index (χ0n) is 27.4. The van der Waals surface area contributed by atoms with Crippen LogP contribution in [0.3, 0.4) is 0 Å². The quantitative estimate of drug-likeness (QED) is 0.176. The number of terminal acetylenes is 1. The molecule has 2 atom stereocenters. The van der Waals surface area contributed by atoms with E-state index in [1.165, 1.54) is 12.1 Å². The largest absolute Gasteiger partial charge is 0.462 e. The molecule has 47 heavy (non-hydrogen) atoms. The van der Waals surface area contributed by atoms with Crippen LogP contribution in [0.15, 0.2) is 49.2 Å². The highest BCUT2D eigenvalue weighted by Gasteiger charge is 2.38. The summed E-state index contributed by atoms with van der Waals surface area (Å²) < 4.78 is 37.9. The second-order valence-corrected chi connectivity index (χ2v) is 13.3.